The molecular formula is C20H32N2O3. The predicted octanol–water partition coefficient (Wildman–Crippen LogP) is 2.34. The fourth-order valence-corrected chi connectivity index (χ4v) is 6.40. The zero-order valence-corrected chi connectivity index (χ0v) is 15.6. The summed E-state index contributed by atoms with van der Waals surface area (Å²) in [5.74, 6) is 2.68. The summed E-state index contributed by atoms with van der Waals surface area (Å²) in [5, 5.41) is 3.11. The topological polar surface area (TPSA) is 58.6 Å². The first-order valence-electron chi connectivity index (χ1n) is 10.1. The largest absolute Gasteiger partial charge is 0.372 e. The van der Waals surface area contributed by atoms with E-state index in [-0.39, 0.29) is 29.4 Å². The van der Waals surface area contributed by atoms with E-state index in [4.69, 9.17) is 4.74 Å². The van der Waals surface area contributed by atoms with E-state index in [0.29, 0.717) is 26.1 Å². The van der Waals surface area contributed by atoms with Crippen molar-refractivity contribution in [1.29, 1.82) is 0 Å². The van der Waals surface area contributed by atoms with Crippen LogP contribution in [0.3, 0.4) is 0 Å². The first-order valence-corrected chi connectivity index (χ1v) is 10.1. The Morgan fingerprint density at radius 1 is 1.00 bits per heavy atom. The van der Waals surface area contributed by atoms with Crippen LogP contribution in [-0.2, 0) is 14.3 Å². The summed E-state index contributed by atoms with van der Waals surface area (Å²) < 4.78 is 5.68. The lowest BCUT2D eigenvalue weighted by molar-refractivity contribution is -0.147. The van der Waals surface area contributed by atoms with Crippen LogP contribution in [0.25, 0.3) is 0 Å². The van der Waals surface area contributed by atoms with Crippen LogP contribution in [0.5, 0.6) is 0 Å². The summed E-state index contributed by atoms with van der Waals surface area (Å²) in [7, 11) is 0. The predicted molar refractivity (Wildman–Crippen MR) is 94.8 cm³/mol. The Balaban J connectivity index is 1.27. The first kappa shape index (κ1) is 17.3. The third-order valence-electron chi connectivity index (χ3n) is 6.92. The van der Waals surface area contributed by atoms with E-state index in [1.54, 1.807) is 0 Å². The molecule has 5 aliphatic rings. The smallest absolute Gasteiger partial charge is 0.226 e. The van der Waals surface area contributed by atoms with Crippen LogP contribution in [0.4, 0.5) is 0 Å². The van der Waals surface area contributed by atoms with Crippen LogP contribution in [0.2, 0.25) is 0 Å². The molecule has 2 atom stereocenters. The van der Waals surface area contributed by atoms with Crippen molar-refractivity contribution in [2.75, 3.05) is 19.6 Å². The molecule has 0 spiro atoms. The molecule has 1 aliphatic heterocycles. The lowest BCUT2D eigenvalue weighted by Gasteiger charge is -2.55. The fourth-order valence-electron chi connectivity index (χ4n) is 6.40. The minimum Gasteiger partial charge on any atom is -0.372 e. The molecule has 5 nitrogen and oxygen atoms in total. The highest BCUT2D eigenvalue weighted by Crippen LogP contribution is 2.60. The minimum atomic E-state index is -0.111. The molecule has 2 amide bonds. The van der Waals surface area contributed by atoms with Crippen LogP contribution in [0.15, 0.2) is 0 Å². The Bertz CT molecular complexity index is 502. The molecule has 0 radical (unpaired) electrons. The van der Waals surface area contributed by atoms with Crippen molar-refractivity contribution in [2.24, 2.45) is 23.2 Å². The standard InChI is InChI=1S/C20H32N2O3/c1-13-11-22(12-14(2)25-13)18(23)3-4-21-19(24)20-8-15-5-16(9-20)7-17(6-15)10-20/h13-17H,3-12H2,1-2H3,(H,21,24)/t13-,14+,15?,16?,17?,20?. The lowest BCUT2D eigenvalue weighted by Crippen LogP contribution is -2.54. The van der Waals surface area contributed by atoms with E-state index in [1.807, 2.05) is 18.7 Å². The van der Waals surface area contributed by atoms with Gasteiger partial charge in [-0.05, 0) is 70.1 Å². The van der Waals surface area contributed by atoms with Crippen LogP contribution in [0, 0.1) is 23.2 Å². The van der Waals surface area contributed by atoms with Gasteiger partial charge in [-0.2, -0.15) is 0 Å². The van der Waals surface area contributed by atoms with Crippen LogP contribution >= 0.6 is 0 Å². The van der Waals surface area contributed by atoms with Gasteiger partial charge < -0.3 is 15.0 Å². The first-order chi connectivity index (χ1) is 11.9. The van der Waals surface area contributed by atoms with Gasteiger partial charge >= 0.3 is 0 Å². The molecule has 25 heavy (non-hydrogen) atoms. The summed E-state index contributed by atoms with van der Waals surface area (Å²) in [6.07, 6.45) is 7.86. The Morgan fingerprint density at radius 2 is 1.52 bits per heavy atom. The Morgan fingerprint density at radius 3 is 2.04 bits per heavy atom. The molecule has 0 unspecified atom stereocenters. The number of morpholine rings is 1. The van der Waals surface area contributed by atoms with Crippen molar-refractivity contribution < 1.29 is 14.3 Å². The molecule has 5 rings (SSSR count). The maximum atomic E-state index is 12.9. The van der Waals surface area contributed by atoms with E-state index in [0.717, 1.165) is 37.0 Å². The van der Waals surface area contributed by atoms with E-state index >= 15 is 0 Å². The quantitative estimate of drug-likeness (QED) is 0.848. The molecule has 140 valence electrons. The van der Waals surface area contributed by atoms with E-state index < -0.39 is 0 Å². The van der Waals surface area contributed by atoms with Crippen LogP contribution in [-0.4, -0.2) is 48.6 Å². The van der Waals surface area contributed by atoms with E-state index in [2.05, 4.69) is 5.32 Å². The highest BCUT2D eigenvalue weighted by Gasteiger charge is 2.54. The van der Waals surface area contributed by atoms with Gasteiger partial charge in [-0.3, -0.25) is 9.59 Å². The number of amides is 2. The van der Waals surface area contributed by atoms with Crippen molar-refractivity contribution in [3.05, 3.63) is 0 Å². The molecule has 5 heteroatoms. The highest BCUT2D eigenvalue weighted by atomic mass is 16.5. The molecule has 1 heterocycles. The molecule has 0 aromatic carbocycles. The number of hydrogen-bond donors (Lipinski definition) is 1. The molecule has 1 saturated heterocycles. The molecule has 4 bridgehead atoms. The maximum Gasteiger partial charge on any atom is 0.226 e. The SMILES string of the molecule is C[C@@H]1CN(C(=O)CCNC(=O)C23CC4CC(CC(C4)C2)C3)C[C@H](C)O1. The van der Waals surface area contributed by atoms with Crippen molar-refractivity contribution in [3.63, 3.8) is 0 Å². The van der Waals surface area contributed by atoms with Crippen LogP contribution < -0.4 is 5.32 Å². The summed E-state index contributed by atoms with van der Waals surface area (Å²) in [4.78, 5) is 27.2. The molecule has 0 aromatic heterocycles. The monoisotopic (exact) mass is 348 g/mol. The van der Waals surface area contributed by atoms with Crippen LogP contribution in [0.1, 0.15) is 58.8 Å². The summed E-state index contributed by atoms with van der Waals surface area (Å²) >= 11 is 0. The molecule has 4 aliphatic carbocycles. The highest BCUT2D eigenvalue weighted by molar-refractivity contribution is 5.84. The molecular weight excluding hydrogens is 316 g/mol. The molecule has 4 saturated carbocycles. The van der Waals surface area contributed by atoms with Crippen molar-refractivity contribution in [2.45, 2.75) is 71.0 Å². The van der Waals surface area contributed by atoms with Gasteiger partial charge in [0.25, 0.3) is 0 Å². The van der Waals surface area contributed by atoms with Gasteiger partial charge in [-0.25, -0.2) is 0 Å². The van der Waals surface area contributed by atoms with Gasteiger partial charge in [0.15, 0.2) is 0 Å². The second-order valence-corrected chi connectivity index (χ2v) is 9.26. The number of nitrogens with zero attached hydrogens (tertiary/aromatic N) is 1. The molecule has 0 aromatic rings. The Kier molecular flexibility index (Phi) is 4.55. The third-order valence-corrected chi connectivity index (χ3v) is 6.92. The van der Waals surface area contributed by atoms with Crippen molar-refractivity contribution in [1.82, 2.24) is 10.2 Å². The van der Waals surface area contributed by atoms with E-state index in [1.165, 1.54) is 19.3 Å². The number of rotatable bonds is 4. The van der Waals surface area contributed by atoms with Gasteiger partial charge in [0.05, 0.1) is 12.2 Å². The van der Waals surface area contributed by atoms with Gasteiger partial charge in [-0.15, -0.1) is 0 Å². The van der Waals surface area contributed by atoms with Gasteiger partial charge in [-0.1, -0.05) is 0 Å². The summed E-state index contributed by atoms with van der Waals surface area (Å²) in [6.45, 7) is 5.80. The van der Waals surface area contributed by atoms with Gasteiger partial charge in [0.2, 0.25) is 11.8 Å². The fraction of sp³-hybridized carbons (Fsp3) is 0.900. The zero-order valence-electron chi connectivity index (χ0n) is 15.6. The zero-order chi connectivity index (χ0) is 17.6. The molecule has 5 fully saturated rings. The second-order valence-electron chi connectivity index (χ2n) is 9.26. The number of hydrogen-bond acceptors (Lipinski definition) is 3. The van der Waals surface area contributed by atoms with E-state index in [9.17, 15) is 9.59 Å². The average Bonchev–Trinajstić information content (AvgIpc) is 2.52. The van der Waals surface area contributed by atoms with Gasteiger partial charge in [0.1, 0.15) is 0 Å². The second kappa shape index (κ2) is 6.57. The number of carbonyl (C=O) groups is 2. The lowest BCUT2D eigenvalue weighted by atomic mass is 9.49. The normalized spacial score (nSPS) is 42.5. The summed E-state index contributed by atoms with van der Waals surface area (Å²) in [6, 6.07) is 0. The maximum absolute atomic E-state index is 12.9. The average molecular weight is 348 g/mol. The number of nitrogens with one attached hydrogen (secondary N) is 1. The number of carbonyl (C=O) groups excluding carboxylic acids is 2. The van der Waals surface area contributed by atoms with Crippen molar-refractivity contribution in [3.8, 4) is 0 Å². The Hall–Kier alpha value is -1.10. The minimum absolute atomic E-state index is 0.0920. The van der Waals surface area contributed by atoms with Gasteiger partial charge in [0, 0.05) is 31.5 Å². The number of ether oxygens (including phenoxy) is 1. The third kappa shape index (κ3) is 3.44. The Labute approximate surface area is 150 Å². The molecule has 1 N–H and O–H groups in total. The summed E-state index contributed by atoms with van der Waals surface area (Å²) in [5.41, 5.74) is -0.111. The van der Waals surface area contributed by atoms with Crippen molar-refractivity contribution >= 4 is 11.8 Å².